The van der Waals surface area contributed by atoms with Gasteiger partial charge in [0.05, 0.1) is 17.7 Å². The van der Waals surface area contributed by atoms with Gasteiger partial charge in [-0.25, -0.2) is 4.98 Å². The van der Waals surface area contributed by atoms with Gasteiger partial charge in [-0.1, -0.05) is 15.9 Å². The molecule has 0 bridgehead atoms. The van der Waals surface area contributed by atoms with Crippen molar-refractivity contribution in [3.63, 3.8) is 0 Å². The van der Waals surface area contributed by atoms with Crippen LogP contribution in [-0.2, 0) is 0 Å². The number of methoxy groups -OCH3 is 1. The molecule has 21 heavy (non-hydrogen) atoms. The van der Waals surface area contributed by atoms with Crippen LogP contribution in [0.5, 0.6) is 5.75 Å². The van der Waals surface area contributed by atoms with E-state index in [1.165, 1.54) is 14.0 Å². The molecule has 0 saturated heterocycles. The van der Waals surface area contributed by atoms with Crippen LogP contribution in [0.15, 0.2) is 22.7 Å². The Bertz CT molecular complexity index is 708. The van der Waals surface area contributed by atoms with E-state index in [9.17, 15) is 10.1 Å². The fourth-order valence-electron chi connectivity index (χ4n) is 1.80. The smallest absolute Gasteiger partial charge is 0.332 e. The molecule has 0 aliphatic heterocycles. The maximum atomic E-state index is 11.2. The molecule has 0 atom stereocenters. The van der Waals surface area contributed by atoms with E-state index in [0.717, 1.165) is 4.47 Å². The van der Waals surface area contributed by atoms with Gasteiger partial charge in [0.2, 0.25) is 11.8 Å². The summed E-state index contributed by atoms with van der Waals surface area (Å²) in [7, 11) is 1.50. The number of halogens is 1. The maximum Gasteiger partial charge on any atom is 0.332 e. The lowest BCUT2D eigenvalue weighted by Crippen LogP contribution is -2.07. The molecule has 0 spiro atoms. The first-order valence-electron chi connectivity index (χ1n) is 5.81. The lowest BCUT2D eigenvalue weighted by atomic mass is 10.2. The molecule has 0 radical (unpaired) electrons. The number of nitrogens with two attached hydrogens (primary N) is 1. The summed E-state index contributed by atoms with van der Waals surface area (Å²) in [4.78, 5) is 18.3. The number of aryl methyl sites for hydroxylation is 1. The van der Waals surface area contributed by atoms with Crippen molar-refractivity contribution in [1.29, 1.82) is 0 Å². The standard InChI is InChI=1S/C12H12BrN5O3/c1-6-10(18(19)20)11(17-12(14)15-6)16-8-5-7(13)3-4-9(8)21-2/h3-5H,1-2H3,(H3,14,15,16,17). The van der Waals surface area contributed by atoms with E-state index in [4.69, 9.17) is 10.5 Å². The van der Waals surface area contributed by atoms with Crippen LogP contribution in [0.4, 0.5) is 23.1 Å². The van der Waals surface area contributed by atoms with Gasteiger partial charge in [-0.3, -0.25) is 10.1 Å². The molecular formula is C12H12BrN5O3. The quantitative estimate of drug-likeness (QED) is 0.640. The normalized spacial score (nSPS) is 10.2. The number of rotatable bonds is 4. The zero-order valence-electron chi connectivity index (χ0n) is 11.3. The van der Waals surface area contributed by atoms with Crippen LogP contribution in [0.2, 0.25) is 0 Å². The Balaban J connectivity index is 2.53. The summed E-state index contributed by atoms with van der Waals surface area (Å²) in [6.07, 6.45) is 0. The van der Waals surface area contributed by atoms with Crippen molar-refractivity contribution >= 4 is 39.1 Å². The number of aromatic nitrogens is 2. The molecule has 0 saturated carbocycles. The molecule has 1 aromatic heterocycles. The van der Waals surface area contributed by atoms with E-state index >= 15 is 0 Å². The second-order valence-electron chi connectivity index (χ2n) is 4.09. The van der Waals surface area contributed by atoms with Gasteiger partial charge in [-0.05, 0) is 25.1 Å². The highest BCUT2D eigenvalue weighted by Crippen LogP contribution is 2.34. The van der Waals surface area contributed by atoms with E-state index in [0.29, 0.717) is 11.4 Å². The summed E-state index contributed by atoms with van der Waals surface area (Å²) >= 11 is 3.33. The first-order valence-corrected chi connectivity index (χ1v) is 6.60. The molecule has 1 heterocycles. The van der Waals surface area contributed by atoms with E-state index in [-0.39, 0.29) is 23.1 Å². The molecule has 0 amide bonds. The molecule has 8 nitrogen and oxygen atoms in total. The van der Waals surface area contributed by atoms with Crippen molar-refractivity contribution in [2.24, 2.45) is 0 Å². The third-order valence-corrected chi connectivity index (χ3v) is 3.17. The third-order valence-electron chi connectivity index (χ3n) is 2.67. The van der Waals surface area contributed by atoms with Crippen molar-refractivity contribution in [1.82, 2.24) is 9.97 Å². The van der Waals surface area contributed by atoms with Gasteiger partial charge in [-0.2, -0.15) is 4.98 Å². The number of hydrogen-bond acceptors (Lipinski definition) is 7. The highest BCUT2D eigenvalue weighted by atomic mass is 79.9. The van der Waals surface area contributed by atoms with Crippen molar-refractivity contribution in [3.8, 4) is 5.75 Å². The first-order chi connectivity index (χ1) is 9.92. The Morgan fingerprint density at radius 3 is 2.76 bits per heavy atom. The monoisotopic (exact) mass is 353 g/mol. The predicted molar refractivity (Wildman–Crippen MR) is 81.8 cm³/mol. The minimum Gasteiger partial charge on any atom is -0.495 e. The Morgan fingerprint density at radius 2 is 2.14 bits per heavy atom. The van der Waals surface area contributed by atoms with Crippen LogP contribution in [0, 0.1) is 17.0 Å². The minimum absolute atomic E-state index is 0.0152. The SMILES string of the molecule is COc1ccc(Br)cc1Nc1nc(N)nc(C)c1[N+](=O)[O-]. The van der Waals surface area contributed by atoms with Crippen molar-refractivity contribution < 1.29 is 9.66 Å². The predicted octanol–water partition coefficient (Wildman–Crippen LogP) is 2.79. The second kappa shape index (κ2) is 5.92. The summed E-state index contributed by atoms with van der Waals surface area (Å²) in [6, 6.07) is 5.23. The van der Waals surface area contributed by atoms with Crippen LogP contribution in [0.25, 0.3) is 0 Å². The highest BCUT2D eigenvalue weighted by molar-refractivity contribution is 9.10. The summed E-state index contributed by atoms with van der Waals surface area (Å²) < 4.78 is 5.99. The van der Waals surface area contributed by atoms with Crippen molar-refractivity contribution in [2.45, 2.75) is 6.92 Å². The largest absolute Gasteiger partial charge is 0.495 e. The van der Waals surface area contributed by atoms with Gasteiger partial charge >= 0.3 is 5.69 Å². The topological polar surface area (TPSA) is 116 Å². The molecule has 2 aromatic rings. The molecule has 0 unspecified atom stereocenters. The van der Waals surface area contributed by atoms with E-state index in [1.54, 1.807) is 18.2 Å². The zero-order valence-corrected chi connectivity index (χ0v) is 12.8. The van der Waals surface area contributed by atoms with E-state index in [2.05, 4.69) is 31.2 Å². The zero-order chi connectivity index (χ0) is 15.6. The molecule has 9 heteroatoms. The van der Waals surface area contributed by atoms with Crippen LogP contribution >= 0.6 is 15.9 Å². The minimum atomic E-state index is -0.554. The van der Waals surface area contributed by atoms with Gasteiger partial charge in [0.1, 0.15) is 11.4 Å². The van der Waals surface area contributed by atoms with Crippen LogP contribution in [0.3, 0.4) is 0 Å². The number of ether oxygens (including phenoxy) is 1. The lowest BCUT2D eigenvalue weighted by Gasteiger charge is -2.12. The number of nitro groups is 1. The number of anilines is 3. The molecule has 0 aliphatic carbocycles. The van der Waals surface area contributed by atoms with Crippen LogP contribution < -0.4 is 15.8 Å². The molecular weight excluding hydrogens is 342 g/mol. The molecule has 2 rings (SSSR count). The summed E-state index contributed by atoms with van der Waals surface area (Å²) in [5.74, 6) is 0.485. The number of nitrogen functional groups attached to an aromatic ring is 1. The molecule has 1 aromatic carbocycles. The second-order valence-corrected chi connectivity index (χ2v) is 5.01. The Labute approximate surface area is 128 Å². The Kier molecular flexibility index (Phi) is 4.22. The number of benzene rings is 1. The number of hydrogen-bond donors (Lipinski definition) is 2. The molecule has 0 aliphatic rings. The molecule has 0 fully saturated rings. The number of nitrogens with zero attached hydrogens (tertiary/aromatic N) is 3. The van der Waals surface area contributed by atoms with Crippen LogP contribution in [-0.4, -0.2) is 22.0 Å². The lowest BCUT2D eigenvalue weighted by molar-refractivity contribution is -0.385. The Morgan fingerprint density at radius 1 is 1.43 bits per heavy atom. The maximum absolute atomic E-state index is 11.2. The van der Waals surface area contributed by atoms with Gasteiger partial charge in [0.15, 0.2) is 0 Å². The summed E-state index contributed by atoms with van der Waals surface area (Å²) in [6.45, 7) is 1.50. The fraction of sp³-hybridized carbons (Fsp3) is 0.167. The average Bonchev–Trinajstić information content (AvgIpc) is 2.37. The third kappa shape index (κ3) is 3.19. The van der Waals surface area contributed by atoms with Gasteiger partial charge in [0, 0.05) is 4.47 Å². The average molecular weight is 354 g/mol. The number of nitrogens with one attached hydrogen (secondary N) is 1. The first kappa shape index (κ1) is 15.0. The molecule has 110 valence electrons. The van der Waals surface area contributed by atoms with Gasteiger partial charge in [0.25, 0.3) is 0 Å². The van der Waals surface area contributed by atoms with E-state index in [1.807, 2.05) is 0 Å². The highest BCUT2D eigenvalue weighted by Gasteiger charge is 2.22. The fourth-order valence-corrected chi connectivity index (χ4v) is 2.16. The van der Waals surface area contributed by atoms with Crippen molar-refractivity contribution in [3.05, 3.63) is 38.5 Å². The summed E-state index contributed by atoms with van der Waals surface area (Å²) in [5.41, 5.74) is 6.03. The summed E-state index contributed by atoms with van der Waals surface area (Å²) in [5, 5.41) is 14.0. The van der Waals surface area contributed by atoms with Gasteiger partial charge in [-0.15, -0.1) is 0 Å². The van der Waals surface area contributed by atoms with Gasteiger partial charge < -0.3 is 15.8 Å². The molecule has 3 N–H and O–H groups in total. The Hall–Kier alpha value is -2.42. The van der Waals surface area contributed by atoms with Crippen LogP contribution in [0.1, 0.15) is 5.69 Å². The van der Waals surface area contributed by atoms with E-state index < -0.39 is 4.92 Å². The van der Waals surface area contributed by atoms with Crippen molar-refractivity contribution in [2.75, 3.05) is 18.2 Å².